The van der Waals surface area contributed by atoms with Crippen LogP contribution in [0.4, 0.5) is 0 Å². The van der Waals surface area contributed by atoms with Crippen molar-refractivity contribution in [1.82, 2.24) is 15.2 Å². The van der Waals surface area contributed by atoms with E-state index in [2.05, 4.69) is 15.2 Å². The van der Waals surface area contributed by atoms with Crippen molar-refractivity contribution in [2.75, 3.05) is 0 Å². The summed E-state index contributed by atoms with van der Waals surface area (Å²) in [5.74, 6) is -0.574. The van der Waals surface area contributed by atoms with E-state index in [1.165, 1.54) is 12.5 Å². The molecule has 2 heterocycles. The third-order valence-corrected chi connectivity index (χ3v) is 1.79. The normalized spacial score (nSPS) is 10.4. The van der Waals surface area contributed by atoms with Gasteiger partial charge in [0.1, 0.15) is 5.69 Å². The van der Waals surface area contributed by atoms with Crippen LogP contribution in [0, 0.1) is 6.92 Å². The third-order valence-electron chi connectivity index (χ3n) is 1.79. The highest BCUT2D eigenvalue weighted by Gasteiger charge is 2.13. The predicted octanol–water partition coefficient (Wildman–Crippen LogP) is 1.07. The molecule has 72 valence electrons. The number of carboxylic acids is 1. The Balaban J connectivity index is 2.43. The minimum Gasteiger partial charge on any atom is -0.476 e. The van der Waals surface area contributed by atoms with E-state index in [1.807, 2.05) is 0 Å². The first-order chi connectivity index (χ1) is 6.68. The number of aromatic carboxylic acids is 1. The monoisotopic (exact) mass is 193 g/mol. The zero-order valence-electron chi connectivity index (χ0n) is 7.31. The SMILES string of the molecule is Cc1ncoc1-c1cc(C(=O)O)n[nH]1. The minimum absolute atomic E-state index is 0.0456. The third kappa shape index (κ3) is 1.26. The molecule has 2 N–H and O–H groups in total. The van der Waals surface area contributed by atoms with Gasteiger partial charge in [0, 0.05) is 6.07 Å². The predicted molar refractivity (Wildman–Crippen MR) is 45.8 cm³/mol. The fraction of sp³-hybridized carbons (Fsp3) is 0.125. The van der Waals surface area contributed by atoms with Crippen molar-refractivity contribution in [2.24, 2.45) is 0 Å². The summed E-state index contributed by atoms with van der Waals surface area (Å²) in [6.07, 6.45) is 1.30. The molecule has 0 saturated carbocycles. The molecular weight excluding hydrogens is 186 g/mol. The second kappa shape index (κ2) is 2.99. The summed E-state index contributed by atoms with van der Waals surface area (Å²) in [7, 11) is 0. The van der Waals surface area contributed by atoms with E-state index >= 15 is 0 Å². The van der Waals surface area contributed by atoms with Gasteiger partial charge in [-0.05, 0) is 6.92 Å². The highest BCUT2D eigenvalue weighted by atomic mass is 16.4. The lowest BCUT2D eigenvalue weighted by atomic mass is 10.2. The Kier molecular flexibility index (Phi) is 1.81. The molecule has 0 bridgehead atoms. The molecule has 14 heavy (non-hydrogen) atoms. The summed E-state index contributed by atoms with van der Waals surface area (Å²) < 4.78 is 5.07. The molecule has 6 nitrogen and oxygen atoms in total. The molecule has 0 aliphatic carbocycles. The lowest BCUT2D eigenvalue weighted by molar-refractivity contribution is 0.0690. The Labute approximate surface area is 78.6 Å². The topological polar surface area (TPSA) is 92.0 Å². The van der Waals surface area contributed by atoms with Gasteiger partial charge in [-0.25, -0.2) is 9.78 Å². The standard InChI is InChI=1S/C8H7N3O3/c1-4-7(14-3-9-4)5-2-6(8(12)13)11-10-5/h2-3H,1H3,(H,10,11)(H,12,13). The average Bonchev–Trinajstić information content (AvgIpc) is 2.71. The number of hydrogen-bond donors (Lipinski definition) is 2. The first kappa shape index (κ1) is 8.49. The largest absolute Gasteiger partial charge is 0.476 e. The molecule has 0 amide bonds. The number of aryl methyl sites for hydroxylation is 1. The maximum Gasteiger partial charge on any atom is 0.356 e. The zero-order valence-corrected chi connectivity index (χ0v) is 7.31. The van der Waals surface area contributed by atoms with Crippen molar-refractivity contribution < 1.29 is 14.3 Å². The number of carbonyl (C=O) groups is 1. The molecular formula is C8H7N3O3. The number of H-pyrrole nitrogens is 1. The molecule has 6 heteroatoms. The van der Waals surface area contributed by atoms with E-state index in [1.54, 1.807) is 6.92 Å². The molecule has 0 aromatic carbocycles. The summed E-state index contributed by atoms with van der Waals surface area (Å²) in [6.45, 7) is 1.76. The number of hydrogen-bond acceptors (Lipinski definition) is 4. The second-order valence-electron chi connectivity index (χ2n) is 2.74. The van der Waals surface area contributed by atoms with Crippen LogP contribution >= 0.6 is 0 Å². The Morgan fingerprint density at radius 1 is 1.64 bits per heavy atom. The van der Waals surface area contributed by atoms with Crippen LogP contribution in [0.1, 0.15) is 16.2 Å². The van der Waals surface area contributed by atoms with Gasteiger partial charge in [0.05, 0.1) is 5.69 Å². The van der Waals surface area contributed by atoms with E-state index < -0.39 is 5.97 Å². The number of oxazole rings is 1. The number of nitrogens with zero attached hydrogens (tertiary/aromatic N) is 2. The Morgan fingerprint density at radius 3 is 2.93 bits per heavy atom. The van der Waals surface area contributed by atoms with Crippen LogP contribution in [0.2, 0.25) is 0 Å². The van der Waals surface area contributed by atoms with E-state index in [4.69, 9.17) is 9.52 Å². The Bertz CT molecular complexity index is 472. The molecule has 0 atom stereocenters. The number of carboxylic acid groups (broad SMARTS) is 1. The smallest absolute Gasteiger partial charge is 0.356 e. The van der Waals surface area contributed by atoms with Crippen molar-refractivity contribution in [3.63, 3.8) is 0 Å². The van der Waals surface area contributed by atoms with E-state index in [-0.39, 0.29) is 5.69 Å². The van der Waals surface area contributed by atoms with Gasteiger partial charge < -0.3 is 9.52 Å². The Hall–Kier alpha value is -2.11. The summed E-state index contributed by atoms with van der Waals surface area (Å²) in [5.41, 5.74) is 1.15. The quantitative estimate of drug-likeness (QED) is 0.744. The summed E-state index contributed by atoms with van der Waals surface area (Å²) in [5, 5.41) is 14.8. The average molecular weight is 193 g/mol. The second-order valence-corrected chi connectivity index (χ2v) is 2.74. The highest BCUT2D eigenvalue weighted by Crippen LogP contribution is 2.20. The highest BCUT2D eigenvalue weighted by molar-refractivity contribution is 5.86. The summed E-state index contributed by atoms with van der Waals surface area (Å²) in [6, 6.07) is 1.40. The van der Waals surface area contributed by atoms with E-state index in [9.17, 15) is 4.79 Å². The van der Waals surface area contributed by atoms with Crippen LogP contribution in [0.25, 0.3) is 11.5 Å². The van der Waals surface area contributed by atoms with Gasteiger partial charge in [-0.1, -0.05) is 0 Å². The fourth-order valence-electron chi connectivity index (χ4n) is 1.11. The van der Waals surface area contributed by atoms with E-state index in [0.29, 0.717) is 17.1 Å². The maximum absolute atomic E-state index is 10.5. The van der Waals surface area contributed by atoms with Gasteiger partial charge in [-0.15, -0.1) is 0 Å². The number of aromatic amines is 1. The van der Waals surface area contributed by atoms with Crippen molar-refractivity contribution >= 4 is 5.97 Å². The van der Waals surface area contributed by atoms with Crippen molar-refractivity contribution in [3.05, 3.63) is 23.8 Å². The van der Waals surface area contributed by atoms with Gasteiger partial charge in [0.2, 0.25) is 0 Å². The van der Waals surface area contributed by atoms with Crippen LogP contribution < -0.4 is 0 Å². The fourth-order valence-corrected chi connectivity index (χ4v) is 1.11. The molecule has 0 aliphatic rings. The number of nitrogens with one attached hydrogen (secondary N) is 1. The molecule has 0 aliphatic heterocycles. The van der Waals surface area contributed by atoms with E-state index in [0.717, 1.165) is 0 Å². The van der Waals surface area contributed by atoms with Crippen molar-refractivity contribution in [2.45, 2.75) is 6.92 Å². The van der Waals surface area contributed by atoms with Crippen LogP contribution in [-0.2, 0) is 0 Å². The Morgan fingerprint density at radius 2 is 2.43 bits per heavy atom. The molecule has 0 radical (unpaired) electrons. The lowest BCUT2D eigenvalue weighted by Gasteiger charge is -1.89. The summed E-state index contributed by atoms with van der Waals surface area (Å²) >= 11 is 0. The molecule has 0 unspecified atom stereocenters. The van der Waals surface area contributed by atoms with Crippen LogP contribution in [-0.4, -0.2) is 26.3 Å². The number of rotatable bonds is 2. The maximum atomic E-state index is 10.5. The number of aromatic nitrogens is 3. The molecule has 0 saturated heterocycles. The summed E-state index contributed by atoms with van der Waals surface area (Å²) in [4.78, 5) is 14.4. The first-order valence-corrected chi connectivity index (χ1v) is 3.87. The molecule has 2 aromatic rings. The van der Waals surface area contributed by atoms with Crippen molar-refractivity contribution in [1.29, 1.82) is 0 Å². The van der Waals surface area contributed by atoms with Crippen LogP contribution in [0.3, 0.4) is 0 Å². The van der Waals surface area contributed by atoms with Crippen molar-refractivity contribution in [3.8, 4) is 11.5 Å². The lowest BCUT2D eigenvalue weighted by Crippen LogP contribution is -1.95. The van der Waals surface area contributed by atoms with Crippen LogP contribution in [0.5, 0.6) is 0 Å². The van der Waals surface area contributed by atoms with Gasteiger partial charge in [0.15, 0.2) is 17.8 Å². The molecule has 2 rings (SSSR count). The van der Waals surface area contributed by atoms with Crippen LogP contribution in [0.15, 0.2) is 16.9 Å². The molecule has 0 fully saturated rings. The van der Waals surface area contributed by atoms with Gasteiger partial charge in [-0.2, -0.15) is 5.10 Å². The molecule has 2 aromatic heterocycles. The first-order valence-electron chi connectivity index (χ1n) is 3.87. The van der Waals surface area contributed by atoms with Gasteiger partial charge >= 0.3 is 5.97 Å². The van der Waals surface area contributed by atoms with Gasteiger partial charge in [-0.3, -0.25) is 5.10 Å². The minimum atomic E-state index is -1.08. The zero-order chi connectivity index (χ0) is 10.1. The molecule has 0 spiro atoms. The van der Waals surface area contributed by atoms with Gasteiger partial charge in [0.25, 0.3) is 0 Å².